The minimum absolute atomic E-state index is 0.0964. The van der Waals surface area contributed by atoms with Crippen molar-refractivity contribution in [2.75, 3.05) is 13.2 Å². The van der Waals surface area contributed by atoms with Crippen LogP contribution in [0, 0.1) is 0 Å². The van der Waals surface area contributed by atoms with E-state index in [0.29, 0.717) is 19.3 Å². The lowest BCUT2D eigenvalue weighted by Gasteiger charge is -2.18. The molecule has 0 fully saturated rings. The molecule has 0 aromatic heterocycles. The number of rotatable bonds is 42. The van der Waals surface area contributed by atoms with Crippen LogP contribution in [0.15, 0.2) is 48.6 Å². The molecule has 0 spiro atoms. The van der Waals surface area contributed by atoms with E-state index in [0.717, 1.165) is 70.6 Å². The van der Waals surface area contributed by atoms with Gasteiger partial charge in [-0.3, -0.25) is 14.4 Å². The monoisotopic (exact) mass is 785 g/mol. The van der Waals surface area contributed by atoms with Crippen LogP contribution in [-0.2, 0) is 28.6 Å². The van der Waals surface area contributed by atoms with Gasteiger partial charge in [0.25, 0.3) is 0 Å². The Balaban J connectivity index is 4.44. The molecule has 0 bridgehead atoms. The number of carbonyl (C=O) groups is 3. The molecule has 0 aliphatic heterocycles. The molecule has 0 N–H and O–H groups in total. The molecule has 6 nitrogen and oxygen atoms in total. The summed E-state index contributed by atoms with van der Waals surface area (Å²) in [6.45, 7) is 6.46. The van der Waals surface area contributed by atoms with E-state index in [1.807, 2.05) is 6.08 Å². The summed E-state index contributed by atoms with van der Waals surface area (Å²) in [5.74, 6) is -0.973. The van der Waals surface area contributed by atoms with Gasteiger partial charge >= 0.3 is 17.9 Å². The van der Waals surface area contributed by atoms with Crippen molar-refractivity contribution in [3.63, 3.8) is 0 Å². The van der Waals surface area contributed by atoms with Crippen LogP contribution >= 0.6 is 0 Å². The Hall–Kier alpha value is -2.63. The third-order valence-electron chi connectivity index (χ3n) is 10.1. The van der Waals surface area contributed by atoms with Crippen LogP contribution in [0.3, 0.4) is 0 Å². The maximum atomic E-state index is 12.7. The first-order valence-electron chi connectivity index (χ1n) is 23.6. The molecule has 56 heavy (non-hydrogen) atoms. The van der Waals surface area contributed by atoms with Gasteiger partial charge in [-0.2, -0.15) is 0 Å². The average Bonchev–Trinajstić information content (AvgIpc) is 3.19. The first-order valence-corrected chi connectivity index (χ1v) is 23.6. The smallest absolute Gasteiger partial charge is 0.306 e. The summed E-state index contributed by atoms with van der Waals surface area (Å²) in [4.78, 5) is 37.7. The molecule has 0 aliphatic carbocycles. The van der Waals surface area contributed by atoms with Gasteiger partial charge in [-0.05, 0) is 64.2 Å². The van der Waals surface area contributed by atoms with Crippen LogP contribution in [0.5, 0.6) is 0 Å². The summed E-state index contributed by atoms with van der Waals surface area (Å²) in [6, 6.07) is 0. The highest BCUT2D eigenvalue weighted by atomic mass is 16.6. The van der Waals surface area contributed by atoms with Gasteiger partial charge in [0.05, 0.1) is 0 Å². The van der Waals surface area contributed by atoms with E-state index in [4.69, 9.17) is 14.2 Å². The predicted octanol–water partition coefficient (Wildman–Crippen LogP) is 15.1. The van der Waals surface area contributed by atoms with E-state index < -0.39 is 6.10 Å². The second-order valence-electron chi connectivity index (χ2n) is 15.6. The molecule has 0 aromatic carbocycles. The zero-order chi connectivity index (χ0) is 40.8. The Kier molecular flexibility index (Phi) is 43.0. The van der Waals surface area contributed by atoms with E-state index in [1.165, 1.54) is 116 Å². The fourth-order valence-corrected chi connectivity index (χ4v) is 6.53. The zero-order valence-corrected chi connectivity index (χ0v) is 36.9. The number of hydrogen-bond acceptors (Lipinski definition) is 6. The van der Waals surface area contributed by atoms with Crippen LogP contribution in [0.25, 0.3) is 0 Å². The lowest BCUT2D eigenvalue weighted by atomic mass is 10.1. The van der Waals surface area contributed by atoms with E-state index in [9.17, 15) is 14.4 Å². The van der Waals surface area contributed by atoms with Gasteiger partial charge in [-0.15, -0.1) is 0 Å². The fraction of sp³-hybridized carbons (Fsp3) is 0.780. The molecular weight excluding hydrogens is 697 g/mol. The lowest BCUT2D eigenvalue weighted by molar-refractivity contribution is -0.166. The number of ether oxygens (including phenoxy) is 3. The summed E-state index contributed by atoms with van der Waals surface area (Å²) >= 11 is 0. The molecular formula is C50H88O6. The molecule has 0 rings (SSSR count). The number of carbonyl (C=O) groups excluding carboxylic acids is 3. The van der Waals surface area contributed by atoms with Crippen molar-refractivity contribution in [1.29, 1.82) is 0 Å². The fourth-order valence-electron chi connectivity index (χ4n) is 6.53. The van der Waals surface area contributed by atoms with Crippen LogP contribution in [-0.4, -0.2) is 37.2 Å². The Morgan fingerprint density at radius 3 is 1.14 bits per heavy atom. The zero-order valence-electron chi connectivity index (χ0n) is 36.9. The molecule has 1 atom stereocenters. The third-order valence-corrected chi connectivity index (χ3v) is 10.1. The van der Waals surface area contributed by atoms with Crippen LogP contribution < -0.4 is 0 Å². The number of unbranched alkanes of at least 4 members (excludes halogenated alkanes) is 23. The minimum atomic E-state index is -0.802. The van der Waals surface area contributed by atoms with Crippen molar-refractivity contribution in [1.82, 2.24) is 0 Å². The Morgan fingerprint density at radius 2 is 0.732 bits per heavy atom. The minimum Gasteiger partial charge on any atom is -0.462 e. The van der Waals surface area contributed by atoms with E-state index in [-0.39, 0.29) is 37.5 Å². The Labute approximate surface area is 346 Å². The maximum Gasteiger partial charge on any atom is 0.306 e. The molecule has 0 saturated carbocycles. The molecule has 324 valence electrons. The normalized spacial score (nSPS) is 12.4. The largest absolute Gasteiger partial charge is 0.462 e. The van der Waals surface area contributed by atoms with Crippen molar-refractivity contribution in [2.45, 2.75) is 239 Å². The number of esters is 3. The molecule has 0 aliphatic rings. The van der Waals surface area contributed by atoms with Crippen LogP contribution in [0.2, 0.25) is 0 Å². The van der Waals surface area contributed by atoms with Gasteiger partial charge in [-0.1, -0.05) is 198 Å². The topological polar surface area (TPSA) is 78.9 Å². The summed E-state index contributed by atoms with van der Waals surface area (Å²) < 4.78 is 16.7. The number of allylic oxidation sites excluding steroid dienone is 8. The second-order valence-corrected chi connectivity index (χ2v) is 15.6. The SMILES string of the molecule is CC/C=C\C/C=C\CCCCCCCCCC(=O)OCC(COC(=O)CCCCCCCCCCCCC)OC(=O)CC/C=C\C/C=C\CCCCCCCC. The molecule has 0 radical (unpaired) electrons. The van der Waals surface area contributed by atoms with Crippen molar-refractivity contribution < 1.29 is 28.6 Å². The van der Waals surface area contributed by atoms with E-state index in [2.05, 4.69) is 63.3 Å². The summed E-state index contributed by atoms with van der Waals surface area (Å²) in [6.07, 6.45) is 52.5. The summed E-state index contributed by atoms with van der Waals surface area (Å²) in [5, 5.41) is 0. The average molecular weight is 785 g/mol. The van der Waals surface area contributed by atoms with Gasteiger partial charge in [0.1, 0.15) is 13.2 Å². The molecule has 0 amide bonds. The van der Waals surface area contributed by atoms with E-state index >= 15 is 0 Å². The highest BCUT2D eigenvalue weighted by molar-refractivity contribution is 5.71. The molecule has 0 saturated heterocycles. The van der Waals surface area contributed by atoms with Crippen LogP contribution in [0.1, 0.15) is 233 Å². The highest BCUT2D eigenvalue weighted by Crippen LogP contribution is 2.14. The highest BCUT2D eigenvalue weighted by Gasteiger charge is 2.19. The van der Waals surface area contributed by atoms with Gasteiger partial charge in [0, 0.05) is 19.3 Å². The van der Waals surface area contributed by atoms with Crippen molar-refractivity contribution in [2.24, 2.45) is 0 Å². The Bertz CT molecular complexity index is 996. The lowest BCUT2D eigenvalue weighted by Crippen LogP contribution is -2.30. The van der Waals surface area contributed by atoms with Crippen LogP contribution in [0.4, 0.5) is 0 Å². The number of hydrogen-bond donors (Lipinski definition) is 0. The second kappa shape index (κ2) is 45.1. The molecule has 0 aromatic rings. The summed E-state index contributed by atoms with van der Waals surface area (Å²) in [7, 11) is 0. The predicted molar refractivity (Wildman–Crippen MR) is 238 cm³/mol. The standard InChI is InChI=1S/C50H88O6/c1-4-7-10-13-16-19-22-24-26-28-31-34-37-40-43-49(52)55-46-47(45-54-48(51)42-39-36-33-30-27-21-18-15-12-9-6-3)56-50(53)44-41-38-35-32-29-25-23-20-17-14-11-8-5-2/h7,10,16,19,25,29,35,38,47H,4-6,8-9,11-15,17-18,20-24,26-28,30-34,36-37,39-46H2,1-3H3/b10-7-,19-16-,29-25-,38-35-. The van der Waals surface area contributed by atoms with Gasteiger partial charge < -0.3 is 14.2 Å². The quantitative estimate of drug-likeness (QED) is 0.0265. The molecule has 1 unspecified atom stereocenters. The molecule has 0 heterocycles. The Morgan fingerprint density at radius 1 is 0.375 bits per heavy atom. The maximum absolute atomic E-state index is 12.7. The van der Waals surface area contributed by atoms with Crippen molar-refractivity contribution >= 4 is 17.9 Å². The third kappa shape index (κ3) is 42.5. The first-order chi connectivity index (χ1) is 27.5. The van der Waals surface area contributed by atoms with Gasteiger partial charge in [0.2, 0.25) is 0 Å². The van der Waals surface area contributed by atoms with Gasteiger partial charge in [0.15, 0.2) is 6.10 Å². The van der Waals surface area contributed by atoms with Crippen molar-refractivity contribution in [3.8, 4) is 0 Å². The van der Waals surface area contributed by atoms with Crippen molar-refractivity contribution in [3.05, 3.63) is 48.6 Å². The van der Waals surface area contributed by atoms with E-state index in [1.54, 1.807) is 0 Å². The van der Waals surface area contributed by atoms with Gasteiger partial charge in [-0.25, -0.2) is 0 Å². The first kappa shape index (κ1) is 53.4. The molecule has 6 heteroatoms. The summed E-state index contributed by atoms with van der Waals surface area (Å²) in [5.41, 5.74) is 0.